The Hall–Kier alpha value is -1.81. The molecule has 0 atom stereocenters. The second kappa shape index (κ2) is 5.89. The Morgan fingerprint density at radius 2 is 2.11 bits per heavy atom. The van der Waals surface area contributed by atoms with Gasteiger partial charge in [0.2, 0.25) is 0 Å². The van der Waals surface area contributed by atoms with Gasteiger partial charge < -0.3 is 19.4 Å². The standard InChI is InChI=1S/C9H9BF3NO5/c1-2-18-8(15)6-3-5(19-10(16)17)4-14-7(6)9(11,12)13/h3-4,16-17H,2H2,1H3. The van der Waals surface area contributed by atoms with E-state index in [0.29, 0.717) is 12.3 Å². The van der Waals surface area contributed by atoms with Gasteiger partial charge in [-0.3, -0.25) is 0 Å². The van der Waals surface area contributed by atoms with E-state index in [0.717, 1.165) is 0 Å². The summed E-state index contributed by atoms with van der Waals surface area (Å²) in [5, 5.41) is 17.1. The number of rotatable bonds is 4. The van der Waals surface area contributed by atoms with Crippen LogP contribution in [-0.4, -0.2) is 34.9 Å². The van der Waals surface area contributed by atoms with Crippen LogP contribution in [0.3, 0.4) is 0 Å². The normalized spacial score (nSPS) is 11.1. The maximum atomic E-state index is 12.6. The molecule has 1 aromatic heterocycles. The van der Waals surface area contributed by atoms with E-state index in [1.54, 1.807) is 0 Å². The third-order valence-electron chi connectivity index (χ3n) is 1.87. The summed E-state index contributed by atoms with van der Waals surface area (Å²) in [4.78, 5) is 14.4. The van der Waals surface area contributed by atoms with E-state index in [-0.39, 0.29) is 6.61 Å². The van der Waals surface area contributed by atoms with Crippen molar-refractivity contribution in [2.45, 2.75) is 13.1 Å². The highest BCUT2D eigenvalue weighted by atomic mass is 19.4. The van der Waals surface area contributed by atoms with Crippen LogP contribution in [0.15, 0.2) is 12.3 Å². The fraction of sp³-hybridized carbons (Fsp3) is 0.333. The first kappa shape index (κ1) is 15.3. The fourth-order valence-corrected chi connectivity index (χ4v) is 1.22. The molecule has 0 aliphatic heterocycles. The maximum Gasteiger partial charge on any atom is 0.707 e. The van der Waals surface area contributed by atoms with Crippen molar-refractivity contribution in [2.24, 2.45) is 0 Å². The highest BCUT2D eigenvalue weighted by molar-refractivity contribution is 6.33. The molecule has 0 fully saturated rings. The Bertz CT molecular complexity index is 466. The van der Waals surface area contributed by atoms with E-state index in [9.17, 15) is 18.0 Å². The highest BCUT2D eigenvalue weighted by Crippen LogP contribution is 2.32. The zero-order valence-corrected chi connectivity index (χ0v) is 9.64. The molecule has 1 aromatic rings. The number of halogens is 3. The van der Waals surface area contributed by atoms with Crippen molar-refractivity contribution in [1.82, 2.24) is 4.98 Å². The molecule has 0 saturated carbocycles. The van der Waals surface area contributed by atoms with Gasteiger partial charge in [-0.05, 0) is 13.0 Å². The lowest BCUT2D eigenvalue weighted by molar-refractivity contribution is -0.141. The average molecular weight is 279 g/mol. The summed E-state index contributed by atoms with van der Waals surface area (Å²) in [7, 11) is -2.24. The minimum Gasteiger partial charge on any atom is -0.511 e. The zero-order valence-electron chi connectivity index (χ0n) is 9.64. The third kappa shape index (κ3) is 4.10. The molecule has 0 aromatic carbocycles. The smallest absolute Gasteiger partial charge is 0.511 e. The van der Waals surface area contributed by atoms with Gasteiger partial charge in [-0.25, -0.2) is 9.78 Å². The van der Waals surface area contributed by atoms with Crippen LogP contribution in [0.1, 0.15) is 23.0 Å². The molecule has 0 saturated heterocycles. The van der Waals surface area contributed by atoms with Crippen molar-refractivity contribution in [3.63, 3.8) is 0 Å². The number of pyridine rings is 1. The minimum absolute atomic E-state index is 0.121. The summed E-state index contributed by atoms with van der Waals surface area (Å²) in [6.07, 6.45) is -4.23. The Labute approximate surface area is 106 Å². The van der Waals surface area contributed by atoms with Gasteiger partial charge in [-0.1, -0.05) is 0 Å². The molecule has 104 valence electrons. The number of carbonyl (C=O) groups is 1. The van der Waals surface area contributed by atoms with Gasteiger partial charge in [0.1, 0.15) is 5.75 Å². The predicted molar refractivity (Wildman–Crippen MR) is 56.0 cm³/mol. The van der Waals surface area contributed by atoms with Gasteiger partial charge in [-0.15, -0.1) is 0 Å². The highest BCUT2D eigenvalue weighted by Gasteiger charge is 2.38. The van der Waals surface area contributed by atoms with Crippen LogP contribution in [0.4, 0.5) is 13.2 Å². The molecular formula is C9H9BF3NO5. The molecule has 1 heterocycles. The summed E-state index contributed by atoms with van der Waals surface area (Å²) in [6, 6.07) is 0.674. The molecule has 2 N–H and O–H groups in total. The number of hydrogen-bond acceptors (Lipinski definition) is 6. The van der Waals surface area contributed by atoms with Gasteiger partial charge in [0.15, 0.2) is 5.69 Å². The molecule has 0 unspecified atom stereocenters. The van der Waals surface area contributed by atoms with Crippen LogP contribution in [0, 0.1) is 0 Å². The lowest BCUT2D eigenvalue weighted by Gasteiger charge is -2.12. The Morgan fingerprint density at radius 3 is 2.58 bits per heavy atom. The first-order valence-electron chi connectivity index (χ1n) is 5.03. The second-order valence-corrected chi connectivity index (χ2v) is 3.23. The van der Waals surface area contributed by atoms with Gasteiger partial charge >= 0.3 is 19.5 Å². The molecule has 0 aliphatic carbocycles. The summed E-state index contributed by atoms with van der Waals surface area (Å²) >= 11 is 0. The number of ether oxygens (including phenoxy) is 1. The summed E-state index contributed by atoms with van der Waals surface area (Å²) < 4.78 is 46.7. The van der Waals surface area contributed by atoms with Crippen molar-refractivity contribution in [2.75, 3.05) is 6.61 Å². The maximum absolute atomic E-state index is 12.6. The van der Waals surface area contributed by atoms with E-state index < -0.39 is 36.5 Å². The van der Waals surface area contributed by atoms with Crippen LogP contribution in [0.5, 0.6) is 5.75 Å². The first-order chi connectivity index (χ1) is 8.75. The van der Waals surface area contributed by atoms with Crippen molar-refractivity contribution in [3.05, 3.63) is 23.5 Å². The summed E-state index contributed by atoms with van der Waals surface area (Å²) in [5.74, 6) is -1.65. The number of aromatic nitrogens is 1. The van der Waals surface area contributed by atoms with Crippen molar-refractivity contribution in [3.8, 4) is 5.75 Å². The number of hydrogen-bond donors (Lipinski definition) is 2. The number of carbonyl (C=O) groups excluding carboxylic acids is 1. The van der Waals surface area contributed by atoms with E-state index in [1.807, 2.05) is 0 Å². The Kier molecular flexibility index (Phi) is 4.73. The van der Waals surface area contributed by atoms with Crippen LogP contribution in [0.2, 0.25) is 0 Å². The topological polar surface area (TPSA) is 88.9 Å². The zero-order chi connectivity index (χ0) is 14.6. The molecule has 0 aliphatic rings. The quantitative estimate of drug-likeness (QED) is 0.620. The molecule has 0 spiro atoms. The predicted octanol–water partition coefficient (Wildman–Crippen LogP) is 0.625. The third-order valence-corrected chi connectivity index (χ3v) is 1.87. The second-order valence-electron chi connectivity index (χ2n) is 3.23. The van der Waals surface area contributed by atoms with Crippen molar-refractivity contribution in [1.29, 1.82) is 0 Å². The van der Waals surface area contributed by atoms with Crippen LogP contribution >= 0.6 is 0 Å². The Balaban J connectivity index is 3.22. The number of esters is 1. The fourth-order valence-electron chi connectivity index (χ4n) is 1.22. The van der Waals surface area contributed by atoms with Crippen LogP contribution < -0.4 is 4.65 Å². The summed E-state index contributed by atoms with van der Waals surface area (Å²) in [5.41, 5.74) is -2.31. The first-order valence-corrected chi connectivity index (χ1v) is 5.03. The average Bonchev–Trinajstić information content (AvgIpc) is 2.26. The van der Waals surface area contributed by atoms with Gasteiger partial charge in [0.05, 0.1) is 18.4 Å². The Morgan fingerprint density at radius 1 is 1.47 bits per heavy atom. The molecule has 0 radical (unpaired) electrons. The number of nitrogens with zero attached hydrogens (tertiary/aromatic N) is 1. The van der Waals surface area contributed by atoms with Crippen molar-refractivity contribution < 1.29 is 37.4 Å². The molecule has 6 nitrogen and oxygen atoms in total. The monoisotopic (exact) mass is 279 g/mol. The van der Waals surface area contributed by atoms with Crippen molar-refractivity contribution >= 4 is 13.3 Å². The molecule has 19 heavy (non-hydrogen) atoms. The van der Waals surface area contributed by atoms with Crippen LogP contribution in [-0.2, 0) is 10.9 Å². The molecule has 0 amide bonds. The molecular weight excluding hydrogens is 270 g/mol. The number of alkyl halides is 3. The van der Waals surface area contributed by atoms with Gasteiger partial charge in [0, 0.05) is 0 Å². The molecule has 10 heteroatoms. The molecule has 1 rings (SSSR count). The largest absolute Gasteiger partial charge is 0.707 e. The van der Waals surface area contributed by atoms with E-state index in [4.69, 9.17) is 10.0 Å². The SMILES string of the molecule is CCOC(=O)c1cc(OB(O)O)cnc1C(F)(F)F. The van der Waals surface area contributed by atoms with E-state index >= 15 is 0 Å². The van der Waals surface area contributed by atoms with E-state index in [2.05, 4.69) is 14.4 Å². The van der Waals surface area contributed by atoms with Gasteiger partial charge in [0.25, 0.3) is 0 Å². The van der Waals surface area contributed by atoms with E-state index in [1.165, 1.54) is 6.92 Å². The van der Waals surface area contributed by atoms with Gasteiger partial charge in [-0.2, -0.15) is 13.2 Å². The van der Waals surface area contributed by atoms with Crippen LogP contribution in [0.25, 0.3) is 0 Å². The minimum atomic E-state index is -4.85. The molecule has 0 bridgehead atoms. The lowest BCUT2D eigenvalue weighted by Crippen LogP contribution is -2.22. The lowest BCUT2D eigenvalue weighted by atomic mass is 10.1. The summed E-state index contributed by atoms with van der Waals surface area (Å²) in [6.45, 7) is 1.31.